The van der Waals surface area contributed by atoms with Crippen molar-refractivity contribution in [3.05, 3.63) is 11.8 Å². The minimum atomic E-state index is -0.488. The zero-order valence-electron chi connectivity index (χ0n) is 6.93. The summed E-state index contributed by atoms with van der Waals surface area (Å²) in [4.78, 5) is 14.8. The molecular weight excluding hydrogens is 192 g/mol. The van der Waals surface area contributed by atoms with Crippen molar-refractivity contribution in [2.24, 2.45) is 10.1 Å². The number of oxime groups is 1. The molecule has 0 bridgehead atoms. The van der Waals surface area contributed by atoms with Crippen molar-refractivity contribution in [2.75, 3.05) is 6.61 Å². The molecule has 1 heterocycles. The summed E-state index contributed by atoms with van der Waals surface area (Å²) in [5.41, 5.74) is 1.81. The van der Waals surface area contributed by atoms with E-state index in [-0.39, 0.29) is 0 Å². The molecule has 0 atom stereocenters. The minimum absolute atomic E-state index is 0.299. The number of hydrogen-bond acceptors (Lipinski definition) is 6. The Bertz CT molecular complexity index is 296. The molecule has 0 saturated heterocycles. The molecule has 1 N–H and O–H groups in total. The van der Waals surface area contributed by atoms with Gasteiger partial charge in [0, 0.05) is 0 Å². The van der Waals surface area contributed by atoms with E-state index < -0.39 is 5.97 Å². The summed E-state index contributed by atoms with van der Waals surface area (Å²) < 4.78 is 4.66. The third kappa shape index (κ3) is 2.59. The van der Waals surface area contributed by atoms with Gasteiger partial charge in [-0.1, -0.05) is 16.9 Å². The Kier molecular flexibility index (Phi) is 3.51. The highest BCUT2D eigenvalue weighted by atomic mass is 32.2. The molecule has 13 heavy (non-hydrogen) atoms. The molecule has 1 aliphatic heterocycles. The van der Waals surface area contributed by atoms with E-state index in [4.69, 9.17) is 5.21 Å². The van der Waals surface area contributed by atoms with Gasteiger partial charge in [0.15, 0.2) is 5.04 Å². The maximum Gasteiger partial charge on any atom is 0.333 e. The van der Waals surface area contributed by atoms with Gasteiger partial charge in [0.1, 0.15) is 5.70 Å². The van der Waals surface area contributed by atoms with E-state index in [1.807, 2.05) is 0 Å². The maximum absolute atomic E-state index is 10.9. The Labute approximate surface area is 79.2 Å². The lowest BCUT2D eigenvalue weighted by molar-refractivity contribution is -0.137. The fourth-order valence-corrected chi connectivity index (χ4v) is 1.26. The lowest BCUT2D eigenvalue weighted by Gasteiger charge is -1.96. The second-order valence-corrected chi connectivity index (χ2v) is 2.87. The lowest BCUT2D eigenvalue weighted by atomic mass is 10.4. The van der Waals surface area contributed by atoms with Crippen LogP contribution in [0.1, 0.15) is 6.92 Å². The van der Waals surface area contributed by atoms with Gasteiger partial charge in [0.05, 0.1) is 18.2 Å². The monoisotopic (exact) mass is 200 g/mol. The third-order valence-electron chi connectivity index (χ3n) is 1.21. The molecular formula is C7H8N2O3S. The Hall–Kier alpha value is -1.30. The van der Waals surface area contributed by atoms with E-state index in [0.29, 0.717) is 17.3 Å². The first-order chi connectivity index (χ1) is 6.27. The second kappa shape index (κ2) is 4.66. The number of carbonyl (C=O) groups is 1. The van der Waals surface area contributed by atoms with Crippen LogP contribution in [0.4, 0.5) is 0 Å². The van der Waals surface area contributed by atoms with Crippen molar-refractivity contribution >= 4 is 28.3 Å². The molecule has 0 saturated carbocycles. The third-order valence-corrected chi connectivity index (χ3v) is 1.93. The number of nitrogens with zero attached hydrogens (tertiary/aromatic N) is 2. The molecule has 0 aromatic carbocycles. The molecule has 0 radical (unpaired) electrons. The predicted molar refractivity (Wildman–Crippen MR) is 50.0 cm³/mol. The van der Waals surface area contributed by atoms with Gasteiger partial charge in [0.2, 0.25) is 0 Å². The summed E-state index contributed by atoms with van der Waals surface area (Å²) in [6, 6.07) is 0. The van der Waals surface area contributed by atoms with Crippen molar-refractivity contribution in [3.63, 3.8) is 0 Å². The van der Waals surface area contributed by atoms with Crippen molar-refractivity contribution in [3.8, 4) is 0 Å². The summed E-state index contributed by atoms with van der Waals surface area (Å²) in [6.07, 6.45) is 1.19. The summed E-state index contributed by atoms with van der Waals surface area (Å²) in [6.45, 7) is 2.02. The van der Waals surface area contributed by atoms with Crippen LogP contribution < -0.4 is 0 Å². The van der Waals surface area contributed by atoms with Crippen molar-refractivity contribution in [2.45, 2.75) is 6.92 Å². The van der Waals surface area contributed by atoms with Crippen LogP contribution in [0.5, 0.6) is 0 Å². The van der Waals surface area contributed by atoms with E-state index in [1.54, 1.807) is 6.92 Å². The van der Waals surface area contributed by atoms with Gasteiger partial charge in [-0.05, 0) is 6.92 Å². The molecule has 1 aliphatic rings. The molecule has 0 amide bonds. The van der Waals surface area contributed by atoms with Gasteiger partial charge < -0.3 is 9.94 Å². The highest BCUT2D eigenvalue weighted by Gasteiger charge is 2.14. The zero-order valence-corrected chi connectivity index (χ0v) is 7.74. The molecule has 0 aromatic heterocycles. The normalized spacial score (nSPS) is 21.3. The highest BCUT2D eigenvalue weighted by Crippen LogP contribution is 2.18. The van der Waals surface area contributed by atoms with Crippen LogP contribution in [-0.4, -0.2) is 28.4 Å². The highest BCUT2D eigenvalue weighted by molar-refractivity contribution is 8.25. The van der Waals surface area contributed by atoms with E-state index in [9.17, 15) is 4.79 Å². The van der Waals surface area contributed by atoms with Crippen LogP contribution in [0, 0.1) is 0 Å². The van der Waals surface area contributed by atoms with Gasteiger partial charge in [-0.2, -0.15) is 0 Å². The number of ether oxygens (including phenoxy) is 1. The number of rotatable bonds is 2. The molecule has 0 aliphatic carbocycles. The average molecular weight is 200 g/mol. The van der Waals surface area contributed by atoms with E-state index in [1.165, 1.54) is 11.6 Å². The van der Waals surface area contributed by atoms with Crippen LogP contribution in [0.2, 0.25) is 0 Å². The summed E-state index contributed by atoms with van der Waals surface area (Å²) in [5.74, 6) is -0.488. The van der Waals surface area contributed by atoms with Crippen LogP contribution in [0.3, 0.4) is 0 Å². The van der Waals surface area contributed by atoms with Gasteiger partial charge in [-0.25, -0.2) is 9.79 Å². The summed E-state index contributed by atoms with van der Waals surface area (Å²) in [7, 11) is 0. The molecule has 6 heteroatoms. The SMILES string of the molecule is CCOC(=O)C=C1N=CSC1=NO. The number of hydrogen-bond donors (Lipinski definition) is 1. The first-order valence-corrected chi connectivity index (χ1v) is 4.46. The number of aliphatic imine (C=N–C) groups is 1. The predicted octanol–water partition coefficient (Wildman–Crippen LogP) is 0.996. The number of carbonyl (C=O) groups excluding carboxylic acids is 1. The van der Waals surface area contributed by atoms with Crippen LogP contribution >= 0.6 is 11.8 Å². The summed E-state index contributed by atoms with van der Waals surface area (Å²) >= 11 is 1.14. The minimum Gasteiger partial charge on any atom is -0.463 e. The Morgan fingerprint density at radius 1 is 1.92 bits per heavy atom. The quantitative estimate of drug-likeness (QED) is 0.312. The second-order valence-electron chi connectivity index (χ2n) is 2.04. The zero-order chi connectivity index (χ0) is 9.68. The van der Waals surface area contributed by atoms with Gasteiger partial charge in [0.25, 0.3) is 0 Å². The fourth-order valence-electron chi connectivity index (χ4n) is 0.718. The topological polar surface area (TPSA) is 71.2 Å². The molecule has 0 aromatic rings. The molecule has 0 fully saturated rings. The first kappa shape index (κ1) is 9.79. The largest absolute Gasteiger partial charge is 0.463 e. The van der Waals surface area contributed by atoms with Crippen LogP contribution in [-0.2, 0) is 9.53 Å². The maximum atomic E-state index is 10.9. The standard InChI is InChI=1S/C7H8N2O3S/c1-2-12-6(10)3-5-7(9-11)13-4-8-5/h3-4,11H,2H2,1H3. The van der Waals surface area contributed by atoms with Crippen molar-refractivity contribution in [1.29, 1.82) is 0 Å². The van der Waals surface area contributed by atoms with Gasteiger partial charge in [-0.15, -0.1) is 0 Å². The smallest absolute Gasteiger partial charge is 0.333 e. The van der Waals surface area contributed by atoms with E-state index in [0.717, 1.165) is 11.8 Å². The number of esters is 1. The lowest BCUT2D eigenvalue weighted by Crippen LogP contribution is -2.02. The molecule has 5 nitrogen and oxygen atoms in total. The van der Waals surface area contributed by atoms with Gasteiger partial charge in [-0.3, -0.25) is 0 Å². The number of thioether (sulfide) groups is 1. The van der Waals surface area contributed by atoms with Gasteiger partial charge >= 0.3 is 5.97 Å². The average Bonchev–Trinajstić information content (AvgIpc) is 2.52. The molecule has 0 unspecified atom stereocenters. The molecule has 70 valence electrons. The Morgan fingerprint density at radius 3 is 3.31 bits per heavy atom. The fraction of sp³-hybridized carbons (Fsp3) is 0.286. The molecule has 1 rings (SSSR count). The molecule has 0 spiro atoms. The van der Waals surface area contributed by atoms with Crippen molar-refractivity contribution < 1.29 is 14.7 Å². The van der Waals surface area contributed by atoms with Crippen molar-refractivity contribution in [1.82, 2.24) is 0 Å². The van der Waals surface area contributed by atoms with Crippen LogP contribution in [0.25, 0.3) is 0 Å². The van der Waals surface area contributed by atoms with E-state index >= 15 is 0 Å². The summed E-state index contributed by atoms with van der Waals surface area (Å²) in [5, 5.41) is 11.7. The Morgan fingerprint density at radius 2 is 2.69 bits per heavy atom. The Balaban J connectivity index is 2.70. The first-order valence-electron chi connectivity index (χ1n) is 3.58. The van der Waals surface area contributed by atoms with E-state index in [2.05, 4.69) is 14.9 Å². The van der Waals surface area contributed by atoms with Crippen LogP contribution in [0.15, 0.2) is 21.9 Å².